The quantitative estimate of drug-likeness (QED) is 0.488. The van der Waals surface area contributed by atoms with Gasteiger partial charge in [-0.1, -0.05) is 36.4 Å². The topological polar surface area (TPSA) is 75.6 Å². The Bertz CT molecular complexity index is 838. The predicted octanol–water partition coefficient (Wildman–Crippen LogP) is 1.85. The highest BCUT2D eigenvalue weighted by atomic mass is 19.1. The number of fused-ring (bicyclic) bond motifs is 1. The van der Waals surface area contributed by atoms with Gasteiger partial charge in [0.15, 0.2) is 0 Å². The van der Waals surface area contributed by atoms with Crippen molar-refractivity contribution < 1.29 is 13.6 Å². The number of benzene rings is 2. The van der Waals surface area contributed by atoms with Gasteiger partial charge in [-0.25, -0.2) is 14.6 Å². The standard InChI is InChI=1S/C20H22F2N4O/c21-14-7-5-12(6-8-14)19(25-10-15(22)11-25)20(27)26(24)17-9-13-3-1-2-4-16(13)18(17)23/h1-8,15,17-19H,9-11,23-24H2/t17-,18-,19?/m0/s1. The van der Waals surface area contributed by atoms with Gasteiger partial charge in [0, 0.05) is 13.1 Å². The number of likely N-dealkylation sites (tertiary alicyclic amines) is 1. The summed E-state index contributed by atoms with van der Waals surface area (Å²) in [6.07, 6.45) is -0.397. The van der Waals surface area contributed by atoms with Crippen LogP contribution in [0.2, 0.25) is 0 Å². The number of rotatable bonds is 4. The fourth-order valence-corrected chi connectivity index (χ4v) is 4.00. The minimum Gasteiger partial charge on any atom is -0.322 e. The molecule has 2 aromatic carbocycles. The molecule has 1 fully saturated rings. The normalized spacial score (nSPS) is 23.6. The Morgan fingerprint density at radius 1 is 1.15 bits per heavy atom. The molecular formula is C20H22F2N4O. The van der Waals surface area contributed by atoms with Gasteiger partial charge in [-0.05, 0) is 35.2 Å². The molecule has 7 heteroatoms. The van der Waals surface area contributed by atoms with Crippen molar-refractivity contribution in [3.8, 4) is 0 Å². The molecule has 0 saturated carbocycles. The summed E-state index contributed by atoms with van der Waals surface area (Å²) in [5.41, 5.74) is 8.98. The molecule has 0 spiro atoms. The Hall–Kier alpha value is -2.35. The summed E-state index contributed by atoms with van der Waals surface area (Å²) in [6.45, 7) is 0.303. The number of carbonyl (C=O) groups is 1. The van der Waals surface area contributed by atoms with E-state index in [1.165, 1.54) is 17.1 Å². The van der Waals surface area contributed by atoms with E-state index in [0.29, 0.717) is 12.0 Å². The largest absolute Gasteiger partial charge is 0.322 e. The summed E-state index contributed by atoms with van der Waals surface area (Å²) in [6, 6.07) is 11.9. The molecule has 2 aliphatic rings. The van der Waals surface area contributed by atoms with Gasteiger partial charge < -0.3 is 5.73 Å². The number of amides is 1. The highest BCUT2D eigenvalue weighted by Crippen LogP contribution is 2.34. The molecule has 142 valence electrons. The lowest BCUT2D eigenvalue weighted by atomic mass is 9.98. The molecule has 4 N–H and O–H groups in total. The van der Waals surface area contributed by atoms with Crippen LogP contribution < -0.4 is 11.6 Å². The summed E-state index contributed by atoms with van der Waals surface area (Å²) >= 11 is 0. The second-order valence-electron chi connectivity index (χ2n) is 7.25. The number of alkyl halides is 1. The number of hydrogen-bond donors (Lipinski definition) is 2. The molecule has 1 heterocycles. The van der Waals surface area contributed by atoms with Crippen LogP contribution in [0.3, 0.4) is 0 Å². The number of hydrogen-bond acceptors (Lipinski definition) is 4. The highest BCUT2D eigenvalue weighted by molar-refractivity contribution is 5.83. The van der Waals surface area contributed by atoms with Crippen molar-refractivity contribution in [2.24, 2.45) is 11.6 Å². The predicted molar refractivity (Wildman–Crippen MR) is 97.5 cm³/mol. The van der Waals surface area contributed by atoms with Crippen molar-refractivity contribution >= 4 is 5.91 Å². The zero-order chi connectivity index (χ0) is 19.1. The number of nitrogens with two attached hydrogens (primary N) is 2. The van der Waals surface area contributed by atoms with Crippen LogP contribution in [0.1, 0.15) is 28.8 Å². The van der Waals surface area contributed by atoms with Crippen LogP contribution in [0.25, 0.3) is 0 Å². The van der Waals surface area contributed by atoms with Crippen molar-refractivity contribution in [2.75, 3.05) is 13.1 Å². The maximum Gasteiger partial charge on any atom is 0.258 e. The molecule has 2 aromatic rings. The van der Waals surface area contributed by atoms with E-state index in [0.717, 1.165) is 11.1 Å². The van der Waals surface area contributed by atoms with E-state index in [4.69, 9.17) is 11.6 Å². The molecule has 1 amide bonds. The van der Waals surface area contributed by atoms with Gasteiger partial charge >= 0.3 is 0 Å². The molecule has 27 heavy (non-hydrogen) atoms. The van der Waals surface area contributed by atoms with E-state index in [9.17, 15) is 13.6 Å². The third-order valence-electron chi connectivity index (χ3n) is 5.52. The molecular weight excluding hydrogens is 350 g/mol. The third-order valence-corrected chi connectivity index (χ3v) is 5.52. The average Bonchev–Trinajstić information content (AvgIpc) is 2.98. The molecule has 3 atom stereocenters. The molecule has 1 aliphatic heterocycles. The van der Waals surface area contributed by atoms with Crippen molar-refractivity contribution in [2.45, 2.75) is 30.7 Å². The molecule has 1 unspecified atom stereocenters. The summed E-state index contributed by atoms with van der Waals surface area (Å²) < 4.78 is 26.7. The molecule has 0 aromatic heterocycles. The number of carbonyl (C=O) groups excluding carboxylic acids is 1. The number of nitrogens with zero attached hydrogens (tertiary/aromatic N) is 2. The van der Waals surface area contributed by atoms with E-state index in [1.807, 2.05) is 24.3 Å². The monoisotopic (exact) mass is 372 g/mol. The van der Waals surface area contributed by atoms with Gasteiger partial charge in [0.25, 0.3) is 5.91 Å². The lowest BCUT2D eigenvalue weighted by molar-refractivity contribution is -0.143. The van der Waals surface area contributed by atoms with Crippen LogP contribution >= 0.6 is 0 Å². The smallest absolute Gasteiger partial charge is 0.258 e. The highest BCUT2D eigenvalue weighted by Gasteiger charge is 2.42. The van der Waals surface area contributed by atoms with E-state index in [-0.39, 0.29) is 31.1 Å². The Morgan fingerprint density at radius 2 is 1.81 bits per heavy atom. The summed E-state index contributed by atoms with van der Waals surface area (Å²) in [5, 5.41) is 1.18. The van der Waals surface area contributed by atoms with Gasteiger partial charge in [-0.2, -0.15) is 0 Å². The lowest BCUT2D eigenvalue weighted by Gasteiger charge is -2.42. The van der Waals surface area contributed by atoms with Crippen molar-refractivity contribution in [1.29, 1.82) is 0 Å². The van der Waals surface area contributed by atoms with Crippen molar-refractivity contribution in [3.05, 3.63) is 71.0 Å². The van der Waals surface area contributed by atoms with E-state index < -0.39 is 18.0 Å². The fourth-order valence-electron chi connectivity index (χ4n) is 4.00. The number of halogens is 2. The van der Waals surface area contributed by atoms with Gasteiger partial charge in [0.05, 0.1) is 12.1 Å². The zero-order valence-electron chi connectivity index (χ0n) is 14.8. The van der Waals surface area contributed by atoms with E-state index >= 15 is 0 Å². The molecule has 4 rings (SSSR count). The minimum absolute atomic E-state index is 0.151. The van der Waals surface area contributed by atoms with Gasteiger partial charge in [0.2, 0.25) is 0 Å². The SMILES string of the molecule is N[C@H]1c2ccccc2C[C@@H]1N(N)C(=O)C(c1ccc(F)cc1)N1CC(F)C1. The summed E-state index contributed by atoms with van der Waals surface area (Å²) in [7, 11) is 0. The van der Waals surface area contributed by atoms with Crippen molar-refractivity contribution in [1.82, 2.24) is 9.91 Å². The summed E-state index contributed by atoms with van der Waals surface area (Å²) in [4.78, 5) is 15.0. The van der Waals surface area contributed by atoms with E-state index in [2.05, 4.69) is 0 Å². The molecule has 0 radical (unpaired) electrons. The van der Waals surface area contributed by atoms with Crippen LogP contribution in [-0.2, 0) is 11.2 Å². The minimum atomic E-state index is -0.968. The van der Waals surface area contributed by atoms with Crippen LogP contribution in [0, 0.1) is 5.82 Å². The first-order chi connectivity index (χ1) is 13.0. The molecule has 5 nitrogen and oxygen atoms in total. The summed E-state index contributed by atoms with van der Waals surface area (Å²) in [5.74, 6) is 5.47. The maximum absolute atomic E-state index is 13.4. The Kier molecular flexibility index (Phi) is 4.67. The molecule has 1 aliphatic carbocycles. The number of hydrazine groups is 1. The Morgan fingerprint density at radius 3 is 2.44 bits per heavy atom. The third kappa shape index (κ3) is 3.22. The first-order valence-corrected chi connectivity index (χ1v) is 9.00. The fraction of sp³-hybridized carbons (Fsp3) is 0.350. The molecule has 1 saturated heterocycles. The average molecular weight is 372 g/mol. The van der Waals surface area contributed by atoms with Crippen LogP contribution in [0.4, 0.5) is 8.78 Å². The zero-order valence-corrected chi connectivity index (χ0v) is 14.8. The second kappa shape index (κ2) is 6.99. The van der Waals surface area contributed by atoms with Gasteiger partial charge in [0.1, 0.15) is 18.0 Å². The maximum atomic E-state index is 13.4. The Labute approximate surface area is 156 Å². The molecule has 0 bridgehead atoms. The van der Waals surface area contributed by atoms with Gasteiger partial charge in [-0.3, -0.25) is 14.7 Å². The first kappa shape index (κ1) is 18.0. The lowest BCUT2D eigenvalue weighted by Crippen LogP contribution is -2.58. The first-order valence-electron chi connectivity index (χ1n) is 9.00. The van der Waals surface area contributed by atoms with Crippen LogP contribution in [-0.4, -0.2) is 41.1 Å². The van der Waals surface area contributed by atoms with Crippen LogP contribution in [0.15, 0.2) is 48.5 Å². The Balaban J connectivity index is 1.59. The van der Waals surface area contributed by atoms with Crippen molar-refractivity contribution in [3.63, 3.8) is 0 Å². The second-order valence-corrected chi connectivity index (χ2v) is 7.25. The van der Waals surface area contributed by atoms with Gasteiger partial charge in [-0.15, -0.1) is 0 Å². The van der Waals surface area contributed by atoms with Crippen LogP contribution in [0.5, 0.6) is 0 Å². The van der Waals surface area contributed by atoms with E-state index in [1.54, 1.807) is 17.0 Å².